The van der Waals surface area contributed by atoms with Crippen LogP contribution in [-0.4, -0.2) is 36.8 Å². The molecule has 2 fully saturated rings. The van der Waals surface area contributed by atoms with E-state index in [-0.39, 0.29) is 30.3 Å². The molecular formula is C16H27N3O3. The zero-order chi connectivity index (χ0) is 15.8. The van der Waals surface area contributed by atoms with Crippen molar-refractivity contribution < 1.29 is 14.3 Å². The first-order chi connectivity index (χ1) is 10.6. The number of ether oxygens (including phenoxy) is 1. The minimum absolute atomic E-state index is 0.0150. The summed E-state index contributed by atoms with van der Waals surface area (Å²) in [5.74, 6) is -0.0129. The van der Waals surface area contributed by atoms with Crippen LogP contribution >= 0.6 is 0 Å². The highest BCUT2D eigenvalue weighted by Gasteiger charge is 2.21. The highest BCUT2D eigenvalue weighted by atomic mass is 16.5. The van der Waals surface area contributed by atoms with Gasteiger partial charge in [0.15, 0.2) is 0 Å². The van der Waals surface area contributed by atoms with Gasteiger partial charge in [-0.25, -0.2) is 5.43 Å². The summed E-state index contributed by atoms with van der Waals surface area (Å²) in [6, 6.07) is 0. The molecule has 2 rings (SSSR count). The average Bonchev–Trinajstić information content (AvgIpc) is 3.05. The van der Waals surface area contributed by atoms with Gasteiger partial charge in [0.25, 0.3) is 0 Å². The van der Waals surface area contributed by atoms with Crippen LogP contribution in [0.15, 0.2) is 5.10 Å². The largest absolute Gasteiger partial charge is 0.376 e. The molecule has 0 aromatic carbocycles. The fourth-order valence-electron chi connectivity index (χ4n) is 2.97. The molecule has 1 saturated carbocycles. The molecular weight excluding hydrogens is 282 g/mol. The molecule has 2 amide bonds. The molecule has 0 spiro atoms. The Morgan fingerprint density at radius 1 is 1.14 bits per heavy atom. The maximum absolute atomic E-state index is 12.0. The van der Waals surface area contributed by atoms with E-state index in [4.69, 9.17) is 4.74 Å². The number of amides is 2. The van der Waals surface area contributed by atoms with E-state index in [1.807, 2.05) is 0 Å². The van der Waals surface area contributed by atoms with Crippen LogP contribution in [0, 0.1) is 5.92 Å². The predicted octanol–water partition coefficient (Wildman–Crippen LogP) is 1.74. The molecule has 1 saturated heterocycles. The Hall–Kier alpha value is -1.43. The summed E-state index contributed by atoms with van der Waals surface area (Å²) < 4.78 is 5.45. The highest BCUT2D eigenvalue weighted by Crippen LogP contribution is 2.23. The Kier molecular flexibility index (Phi) is 6.83. The standard InChI is InChI=1S/C16H27N3O3/c1-12(10-15(20)17-11-14-8-5-9-22-14)18-19-16(21)13-6-3-2-4-7-13/h13-14H,2-11H2,1H3,(H,17,20)(H,19,21)/b18-12-/t14-/m1/s1. The summed E-state index contributed by atoms with van der Waals surface area (Å²) in [5.41, 5.74) is 3.22. The maximum atomic E-state index is 12.0. The average molecular weight is 309 g/mol. The first-order valence-electron chi connectivity index (χ1n) is 8.36. The number of carbonyl (C=O) groups is 2. The van der Waals surface area contributed by atoms with E-state index in [0.29, 0.717) is 12.3 Å². The number of hydrogen-bond acceptors (Lipinski definition) is 4. The van der Waals surface area contributed by atoms with Gasteiger partial charge >= 0.3 is 0 Å². The van der Waals surface area contributed by atoms with Crippen LogP contribution in [0.3, 0.4) is 0 Å². The second-order valence-corrected chi connectivity index (χ2v) is 6.27. The van der Waals surface area contributed by atoms with E-state index in [0.717, 1.165) is 45.1 Å². The minimum atomic E-state index is -0.0799. The summed E-state index contributed by atoms with van der Waals surface area (Å²) in [6.07, 6.45) is 7.77. The lowest BCUT2D eigenvalue weighted by Gasteiger charge is -2.19. The van der Waals surface area contributed by atoms with Gasteiger partial charge in [0.2, 0.25) is 11.8 Å². The van der Waals surface area contributed by atoms with Crippen molar-refractivity contribution in [2.24, 2.45) is 11.0 Å². The van der Waals surface area contributed by atoms with E-state index in [1.165, 1.54) is 6.42 Å². The van der Waals surface area contributed by atoms with Gasteiger partial charge in [-0.3, -0.25) is 9.59 Å². The Balaban J connectivity index is 1.65. The van der Waals surface area contributed by atoms with Gasteiger partial charge in [-0.05, 0) is 32.6 Å². The molecule has 0 aromatic heterocycles. The molecule has 1 atom stereocenters. The number of hydrazone groups is 1. The van der Waals surface area contributed by atoms with Crippen molar-refractivity contribution in [2.45, 2.75) is 64.4 Å². The molecule has 0 aromatic rings. The van der Waals surface area contributed by atoms with Gasteiger partial charge in [0.1, 0.15) is 0 Å². The van der Waals surface area contributed by atoms with Crippen molar-refractivity contribution in [3.63, 3.8) is 0 Å². The van der Waals surface area contributed by atoms with Crippen LogP contribution in [0.1, 0.15) is 58.3 Å². The van der Waals surface area contributed by atoms with Crippen LogP contribution in [0.25, 0.3) is 0 Å². The van der Waals surface area contributed by atoms with Crippen molar-refractivity contribution in [1.82, 2.24) is 10.7 Å². The Bertz CT molecular complexity index is 411. The van der Waals surface area contributed by atoms with Crippen LogP contribution in [-0.2, 0) is 14.3 Å². The first kappa shape index (κ1) is 16.9. The van der Waals surface area contributed by atoms with E-state index in [1.54, 1.807) is 6.92 Å². The fourth-order valence-corrected chi connectivity index (χ4v) is 2.97. The van der Waals surface area contributed by atoms with Crippen LogP contribution in [0.4, 0.5) is 0 Å². The number of hydrogen-bond donors (Lipinski definition) is 2. The second-order valence-electron chi connectivity index (χ2n) is 6.27. The van der Waals surface area contributed by atoms with Crippen molar-refractivity contribution >= 4 is 17.5 Å². The van der Waals surface area contributed by atoms with Gasteiger partial charge in [0.05, 0.1) is 12.5 Å². The van der Waals surface area contributed by atoms with E-state index >= 15 is 0 Å². The number of nitrogens with zero attached hydrogens (tertiary/aromatic N) is 1. The van der Waals surface area contributed by atoms with Crippen molar-refractivity contribution in [3.05, 3.63) is 0 Å². The van der Waals surface area contributed by atoms with Crippen LogP contribution in [0.5, 0.6) is 0 Å². The molecule has 1 aliphatic heterocycles. The Morgan fingerprint density at radius 3 is 2.59 bits per heavy atom. The molecule has 2 aliphatic rings. The molecule has 22 heavy (non-hydrogen) atoms. The summed E-state index contributed by atoms with van der Waals surface area (Å²) in [7, 11) is 0. The summed E-state index contributed by atoms with van der Waals surface area (Å²) in [4.78, 5) is 23.7. The topological polar surface area (TPSA) is 79.8 Å². The van der Waals surface area contributed by atoms with Crippen molar-refractivity contribution in [3.8, 4) is 0 Å². The second kappa shape index (κ2) is 8.88. The zero-order valence-corrected chi connectivity index (χ0v) is 13.4. The van der Waals surface area contributed by atoms with Gasteiger partial charge < -0.3 is 10.1 Å². The zero-order valence-electron chi connectivity index (χ0n) is 13.4. The lowest BCUT2D eigenvalue weighted by molar-refractivity contribution is -0.126. The lowest BCUT2D eigenvalue weighted by atomic mass is 9.89. The lowest BCUT2D eigenvalue weighted by Crippen LogP contribution is -2.33. The fraction of sp³-hybridized carbons (Fsp3) is 0.812. The molecule has 0 bridgehead atoms. The summed E-state index contributed by atoms with van der Waals surface area (Å²) in [5, 5.41) is 6.89. The summed E-state index contributed by atoms with van der Waals surface area (Å²) in [6.45, 7) is 3.10. The van der Waals surface area contributed by atoms with Gasteiger partial charge in [-0.15, -0.1) is 0 Å². The monoisotopic (exact) mass is 309 g/mol. The third-order valence-electron chi connectivity index (χ3n) is 4.30. The van der Waals surface area contributed by atoms with Gasteiger partial charge in [0, 0.05) is 24.8 Å². The van der Waals surface area contributed by atoms with E-state index in [2.05, 4.69) is 15.8 Å². The number of rotatable bonds is 6. The first-order valence-corrected chi connectivity index (χ1v) is 8.36. The Morgan fingerprint density at radius 2 is 1.91 bits per heavy atom. The molecule has 124 valence electrons. The minimum Gasteiger partial charge on any atom is -0.376 e. The molecule has 0 unspecified atom stereocenters. The third kappa shape index (κ3) is 5.75. The van der Waals surface area contributed by atoms with Crippen LogP contribution in [0.2, 0.25) is 0 Å². The quantitative estimate of drug-likeness (QED) is 0.579. The SMILES string of the molecule is C/C(CC(=O)NC[C@H]1CCCO1)=N/NC(=O)C1CCCCC1. The predicted molar refractivity (Wildman–Crippen MR) is 84.4 cm³/mol. The maximum Gasteiger partial charge on any atom is 0.243 e. The van der Waals surface area contributed by atoms with E-state index < -0.39 is 0 Å². The van der Waals surface area contributed by atoms with Gasteiger partial charge in [-0.1, -0.05) is 19.3 Å². The van der Waals surface area contributed by atoms with Gasteiger partial charge in [-0.2, -0.15) is 5.10 Å². The third-order valence-corrected chi connectivity index (χ3v) is 4.30. The number of nitrogens with one attached hydrogen (secondary N) is 2. The molecule has 6 heteroatoms. The highest BCUT2D eigenvalue weighted by molar-refractivity contribution is 6.00. The summed E-state index contributed by atoms with van der Waals surface area (Å²) >= 11 is 0. The smallest absolute Gasteiger partial charge is 0.243 e. The normalized spacial score (nSPS) is 23.3. The van der Waals surface area contributed by atoms with Crippen LogP contribution < -0.4 is 10.7 Å². The Labute approximate surface area is 132 Å². The molecule has 1 heterocycles. The molecule has 2 N–H and O–H groups in total. The van der Waals surface area contributed by atoms with Crippen molar-refractivity contribution in [2.75, 3.05) is 13.2 Å². The molecule has 0 radical (unpaired) electrons. The number of carbonyl (C=O) groups excluding carboxylic acids is 2. The van der Waals surface area contributed by atoms with E-state index in [9.17, 15) is 9.59 Å². The van der Waals surface area contributed by atoms with Crippen molar-refractivity contribution in [1.29, 1.82) is 0 Å². The molecule has 1 aliphatic carbocycles. The molecule has 6 nitrogen and oxygen atoms in total.